The highest BCUT2D eigenvalue weighted by Gasteiger charge is 2.54. The molecular formula is C13H25NO3S. The van der Waals surface area contributed by atoms with Crippen LogP contribution in [0.1, 0.15) is 40.0 Å². The largest absolute Gasteiger partial charge is 0.365 e. The highest BCUT2D eigenvalue weighted by atomic mass is 32.2. The summed E-state index contributed by atoms with van der Waals surface area (Å²) in [6.07, 6.45) is 3.86. The average molecular weight is 275 g/mol. The van der Waals surface area contributed by atoms with Gasteiger partial charge in [-0.05, 0) is 32.1 Å². The SMILES string of the molecule is CC(C)C1(C)CNCC2(CCCC2S(C)(=O)=O)O1. The van der Waals surface area contributed by atoms with Gasteiger partial charge in [0.25, 0.3) is 0 Å². The van der Waals surface area contributed by atoms with Gasteiger partial charge < -0.3 is 10.1 Å². The Morgan fingerprint density at radius 3 is 2.56 bits per heavy atom. The van der Waals surface area contributed by atoms with E-state index in [-0.39, 0.29) is 10.9 Å². The molecule has 0 aromatic carbocycles. The van der Waals surface area contributed by atoms with Crippen LogP contribution in [0.5, 0.6) is 0 Å². The van der Waals surface area contributed by atoms with Crippen LogP contribution in [0.3, 0.4) is 0 Å². The molecule has 4 nitrogen and oxygen atoms in total. The van der Waals surface area contributed by atoms with Crippen molar-refractivity contribution < 1.29 is 13.2 Å². The summed E-state index contributed by atoms with van der Waals surface area (Å²) >= 11 is 0. The molecule has 2 fully saturated rings. The van der Waals surface area contributed by atoms with Crippen LogP contribution in [0.15, 0.2) is 0 Å². The van der Waals surface area contributed by atoms with Gasteiger partial charge in [0.2, 0.25) is 0 Å². The van der Waals surface area contributed by atoms with Gasteiger partial charge in [0.15, 0.2) is 9.84 Å². The van der Waals surface area contributed by atoms with E-state index in [9.17, 15) is 8.42 Å². The molecule has 3 unspecified atom stereocenters. The fraction of sp³-hybridized carbons (Fsp3) is 1.00. The highest BCUT2D eigenvalue weighted by molar-refractivity contribution is 7.91. The molecule has 0 radical (unpaired) electrons. The molecule has 0 bridgehead atoms. The fourth-order valence-electron chi connectivity index (χ4n) is 3.31. The van der Waals surface area contributed by atoms with Crippen molar-refractivity contribution in [2.75, 3.05) is 19.3 Å². The van der Waals surface area contributed by atoms with E-state index >= 15 is 0 Å². The lowest BCUT2D eigenvalue weighted by atomic mass is 9.87. The Morgan fingerprint density at radius 2 is 2.00 bits per heavy atom. The molecule has 0 aromatic rings. The summed E-state index contributed by atoms with van der Waals surface area (Å²) in [6.45, 7) is 7.80. The van der Waals surface area contributed by atoms with Crippen LogP contribution in [0, 0.1) is 5.92 Å². The standard InChI is InChI=1S/C13H25NO3S/c1-10(2)12(3)8-14-9-13(17-12)7-5-6-11(13)18(4,15)16/h10-11,14H,5-9H2,1-4H3. The number of hydrogen-bond acceptors (Lipinski definition) is 4. The summed E-state index contributed by atoms with van der Waals surface area (Å²) in [6, 6.07) is 0. The van der Waals surface area contributed by atoms with E-state index in [0.29, 0.717) is 12.5 Å². The zero-order valence-electron chi connectivity index (χ0n) is 11.8. The second kappa shape index (κ2) is 4.46. The molecule has 0 aromatic heterocycles. The molecule has 3 atom stereocenters. The van der Waals surface area contributed by atoms with Crippen LogP contribution < -0.4 is 5.32 Å². The smallest absolute Gasteiger partial charge is 0.153 e. The number of nitrogens with one attached hydrogen (secondary N) is 1. The maximum absolute atomic E-state index is 12.0. The molecule has 18 heavy (non-hydrogen) atoms. The van der Waals surface area contributed by atoms with Gasteiger partial charge in [0, 0.05) is 19.3 Å². The van der Waals surface area contributed by atoms with Crippen molar-refractivity contribution in [1.82, 2.24) is 5.32 Å². The fourth-order valence-corrected chi connectivity index (χ4v) is 4.94. The van der Waals surface area contributed by atoms with E-state index in [2.05, 4.69) is 26.1 Å². The van der Waals surface area contributed by atoms with E-state index in [1.165, 1.54) is 6.26 Å². The summed E-state index contributed by atoms with van der Waals surface area (Å²) in [5, 5.41) is 3.05. The van der Waals surface area contributed by atoms with Crippen molar-refractivity contribution in [1.29, 1.82) is 0 Å². The summed E-state index contributed by atoms with van der Waals surface area (Å²) < 4.78 is 30.3. The molecule has 2 rings (SSSR count). The molecule has 2 aliphatic rings. The zero-order valence-corrected chi connectivity index (χ0v) is 12.6. The molecule has 1 heterocycles. The van der Waals surface area contributed by atoms with Crippen LogP contribution >= 0.6 is 0 Å². The second-order valence-electron chi connectivity index (χ2n) is 6.45. The van der Waals surface area contributed by atoms with Crippen molar-refractivity contribution in [3.63, 3.8) is 0 Å². The third-order valence-corrected chi connectivity index (χ3v) is 6.43. The van der Waals surface area contributed by atoms with Crippen LogP contribution in [0.4, 0.5) is 0 Å². The first kappa shape index (κ1) is 14.3. The minimum Gasteiger partial charge on any atom is -0.365 e. The summed E-state index contributed by atoms with van der Waals surface area (Å²) in [5.41, 5.74) is -0.781. The number of hydrogen-bond donors (Lipinski definition) is 1. The number of rotatable bonds is 2. The lowest BCUT2D eigenvalue weighted by Gasteiger charge is -2.49. The number of ether oxygens (including phenoxy) is 1. The zero-order chi connectivity index (χ0) is 13.6. The van der Waals surface area contributed by atoms with E-state index in [1.807, 2.05) is 0 Å². The predicted molar refractivity (Wildman–Crippen MR) is 72.4 cm³/mol. The topological polar surface area (TPSA) is 55.4 Å². The van der Waals surface area contributed by atoms with Gasteiger partial charge in [-0.25, -0.2) is 8.42 Å². The van der Waals surface area contributed by atoms with Gasteiger partial charge in [-0.15, -0.1) is 0 Å². The van der Waals surface area contributed by atoms with Crippen LogP contribution in [0.25, 0.3) is 0 Å². The quantitative estimate of drug-likeness (QED) is 0.826. The van der Waals surface area contributed by atoms with Crippen LogP contribution in [0.2, 0.25) is 0 Å². The molecule has 106 valence electrons. The van der Waals surface area contributed by atoms with Gasteiger partial charge in [-0.1, -0.05) is 13.8 Å². The lowest BCUT2D eigenvalue weighted by molar-refractivity contribution is -0.183. The van der Waals surface area contributed by atoms with E-state index in [4.69, 9.17) is 4.74 Å². The maximum atomic E-state index is 12.0. The summed E-state index contributed by atoms with van der Waals surface area (Å²) in [5.74, 6) is 0.364. The molecule has 0 amide bonds. The average Bonchev–Trinajstić information content (AvgIpc) is 2.60. The number of morpholine rings is 1. The van der Waals surface area contributed by atoms with E-state index < -0.39 is 15.4 Å². The Hall–Kier alpha value is -0.130. The van der Waals surface area contributed by atoms with Crippen molar-refractivity contribution >= 4 is 9.84 Å². The molecule has 1 N–H and O–H groups in total. The molecular weight excluding hydrogens is 250 g/mol. The monoisotopic (exact) mass is 275 g/mol. The van der Waals surface area contributed by atoms with E-state index in [0.717, 1.165) is 25.8 Å². The van der Waals surface area contributed by atoms with Gasteiger partial charge in [0.1, 0.15) is 0 Å². The Bertz CT molecular complexity index is 420. The van der Waals surface area contributed by atoms with E-state index in [1.54, 1.807) is 0 Å². The minimum absolute atomic E-state index is 0.272. The molecule has 5 heteroatoms. The molecule has 1 spiro atoms. The van der Waals surface area contributed by atoms with Gasteiger partial charge in [0.05, 0.1) is 16.5 Å². The van der Waals surface area contributed by atoms with Gasteiger partial charge >= 0.3 is 0 Å². The first-order valence-electron chi connectivity index (χ1n) is 6.79. The maximum Gasteiger partial charge on any atom is 0.153 e. The first-order valence-corrected chi connectivity index (χ1v) is 8.75. The first-order chi connectivity index (χ1) is 8.20. The van der Waals surface area contributed by atoms with Crippen LogP contribution in [-0.2, 0) is 14.6 Å². The molecule has 1 saturated heterocycles. The summed E-state index contributed by atoms with van der Waals surface area (Å²) in [7, 11) is -3.05. The lowest BCUT2D eigenvalue weighted by Crippen LogP contribution is -2.64. The van der Waals surface area contributed by atoms with Crippen LogP contribution in [-0.4, -0.2) is 44.2 Å². The van der Waals surface area contributed by atoms with Crippen molar-refractivity contribution in [3.05, 3.63) is 0 Å². The van der Waals surface area contributed by atoms with Crippen molar-refractivity contribution in [3.8, 4) is 0 Å². The minimum atomic E-state index is -3.05. The second-order valence-corrected chi connectivity index (χ2v) is 8.68. The van der Waals surface area contributed by atoms with Crippen molar-refractivity contribution in [2.24, 2.45) is 5.92 Å². The van der Waals surface area contributed by atoms with Gasteiger partial charge in [-0.3, -0.25) is 0 Å². The highest BCUT2D eigenvalue weighted by Crippen LogP contribution is 2.43. The normalized spacial score (nSPS) is 41.7. The Kier molecular flexibility index (Phi) is 3.54. The third kappa shape index (κ3) is 2.32. The molecule has 1 aliphatic heterocycles. The molecule has 1 aliphatic carbocycles. The third-order valence-electron chi connectivity index (χ3n) is 4.73. The van der Waals surface area contributed by atoms with Gasteiger partial charge in [-0.2, -0.15) is 0 Å². The summed E-state index contributed by atoms with van der Waals surface area (Å²) in [4.78, 5) is 0. The number of sulfone groups is 1. The predicted octanol–water partition coefficient (Wildman–Crippen LogP) is 1.36. The molecule has 1 saturated carbocycles. The Balaban J connectivity index is 2.31. The Morgan fingerprint density at radius 1 is 1.33 bits per heavy atom. The Labute approximate surface area is 110 Å². The van der Waals surface area contributed by atoms with Crippen molar-refractivity contribution in [2.45, 2.75) is 56.5 Å².